The number of rotatable bonds is 8. The molecule has 0 saturated heterocycles. The van der Waals surface area contributed by atoms with E-state index in [2.05, 4.69) is 10.3 Å². The van der Waals surface area contributed by atoms with E-state index in [1.54, 1.807) is 5.01 Å². The van der Waals surface area contributed by atoms with Crippen molar-refractivity contribution in [1.82, 2.24) is 5.01 Å². The second kappa shape index (κ2) is 9.46. The fraction of sp³-hybridized carbons (Fsp3) is 0.429. The molecule has 114 valence electrons. The lowest BCUT2D eigenvalue weighted by Gasteiger charge is -2.17. The Labute approximate surface area is 123 Å². The monoisotopic (exact) mass is 293 g/mol. The first-order chi connectivity index (χ1) is 10.1. The third kappa shape index (κ3) is 8.35. The number of ether oxygens (including phenoxy) is 2. The molecular weight excluding hydrogens is 274 g/mol. The minimum atomic E-state index is -0.352. The van der Waals surface area contributed by atoms with E-state index in [-0.39, 0.29) is 25.2 Å². The van der Waals surface area contributed by atoms with E-state index in [9.17, 15) is 9.59 Å². The molecule has 0 unspecified atom stereocenters. The van der Waals surface area contributed by atoms with Gasteiger partial charge in [0.25, 0.3) is 0 Å². The first kappa shape index (κ1) is 16.6. The van der Waals surface area contributed by atoms with Crippen molar-refractivity contribution < 1.29 is 19.1 Å². The van der Waals surface area contributed by atoms with Gasteiger partial charge in [-0.2, -0.15) is 0 Å². The van der Waals surface area contributed by atoms with Gasteiger partial charge in [-0.05, 0) is 12.1 Å². The van der Waals surface area contributed by atoms with Gasteiger partial charge in [0.2, 0.25) is 0 Å². The minimum Gasteiger partial charge on any atom is -0.464 e. The van der Waals surface area contributed by atoms with E-state index >= 15 is 0 Å². The largest absolute Gasteiger partial charge is 0.464 e. The molecule has 0 N–H and O–H groups in total. The smallest absolute Gasteiger partial charge is 0.302 e. The van der Waals surface area contributed by atoms with Gasteiger partial charge >= 0.3 is 11.9 Å². The summed E-state index contributed by atoms with van der Waals surface area (Å²) in [5.41, 5.74) is 0.711. The van der Waals surface area contributed by atoms with Crippen molar-refractivity contribution in [2.24, 2.45) is 10.3 Å². The molecule has 7 nitrogen and oxygen atoms in total. The lowest BCUT2D eigenvalue weighted by Crippen LogP contribution is -2.27. The van der Waals surface area contributed by atoms with Crippen LogP contribution in [0.2, 0.25) is 0 Å². The molecule has 1 aromatic rings. The Morgan fingerprint density at radius 1 is 1.00 bits per heavy atom. The maximum Gasteiger partial charge on any atom is 0.302 e. The average molecular weight is 293 g/mol. The van der Waals surface area contributed by atoms with Crippen LogP contribution in [-0.4, -0.2) is 43.3 Å². The highest BCUT2D eigenvalue weighted by Crippen LogP contribution is 2.10. The summed E-state index contributed by atoms with van der Waals surface area (Å²) < 4.78 is 9.72. The summed E-state index contributed by atoms with van der Waals surface area (Å²) in [7, 11) is 0. The predicted molar refractivity (Wildman–Crippen MR) is 75.8 cm³/mol. The number of nitrogens with zero attached hydrogens (tertiary/aromatic N) is 3. The summed E-state index contributed by atoms with van der Waals surface area (Å²) >= 11 is 0. The van der Waals surface area contributed by atoms with Gasteiger partial charge in [-0.15, -0.1) is 5.11 Å². The molecule has 0 aliphatic rings. The zero-order valence-corrected chi connectivity index (χ0v) is 12.2. The van der Waals surface area contributed by atoms with E-state index in [0.29, 0.717) is 18.8 Å². The standard InChI is InChI=1S/C14H19N3O4/c1-12(18)20-10-8-17(9-11-21-13(2)19)16-15-14-6-4-3-5-7-14/h3-7H,8-11H2,1-2H3. The van der Waals surface area contributed by atoms with Gasteiger partial charge in [-0.3, -0.25) is 14.6 Å². The van der Waals surface area contributed by atoms with E-state index < -0.39 is 0 Å². The molecule has 0 heterocycles. The second-order valence-corrected chi connectivity index (χ2v) is 4.16. The molecule has 0 aromatic heterocycles. The van der Waals surface area contributed by atoms with E-state index in [0.717, 1.165) is 0 Å². The molecule has 0 fully saturated rings. The summed E-state index contributed by atoms with van der Waals surface area (Å²) in [5.74, 6) is -0.704. The number of hydrogen-bond donors (Lipinski definition) is 0. The normalized spacial score (nSPS) is 10.4. The second-order valence-electron chi connectivity index (χ2n) is 4.16. The first-order valence-electron chi connectivity index (χ1n) is 6.56. The number of hydrogen-bond acceptors (Lipinski definition) is 6. The Bertz CT molecular complexity index is 456. The predicted octanol–water partition coefficient (Wildman–Crippen LogP) is 2.11. The molecule has 0 aliphatic heterocycles. The van der Waals surface area contributed by atoms with Crippen LogP contribution in [0.1, 0.15) is 13.8 Å². The van der Waals surface area contributed by atoms with Gasteiger partial charge in [0.15, 0.2) is 0 Å². The highest BCUT2D eigenvalue weighted by Gasteiger charge is 2.04. The Balaban J connectivity index is 2.51. The van der Waals surface area contributed by atoms with Crippen molar-refractivity contribution in [3.05, 3.63) is 30.3 Å². The fourth-order valence-electron chi connectivity index (χ4n) is 1.40. The molecule has 0 saturated carbocycles. The number of esters is 2. The van der Waals surface area contributed by atoms with Crippen LogP contribution in [0.5, 0.6) is 0 Å². The summed E-state index contributed by atoms with van der Waals surface area (Å²) in [6, 6.07) is 9.24. The molecule has 1 rings (SSSR count). The molecule has 0 spiro atoms. The maximum atomic E-state index is 10.7. The van der Waals surface area contributed by atoms with Crippen LogP contribution >= 0.6 is 0 Å². The topological polar surface area (TPSA) is 80.6 Å². The number of benzene rings is 1. The molecule has 1 aromatic carbocycles. The van der Waals surface area contributed by atoms with E-state index in [1.165, 1.54) is 13.8 Å². The third-order valence-electron chi connectivity index (χ3n) is 2.35. The van der Waals surface area contributed by atoms with Gasteiger partial charge in [0.1, 0.15) is 13.2 Å². The third-order valence-corrected chi connectivity index (χ3v) is 2.35. The first-order valence-corrected chi connectivity index (χ1v) is 6.56. The summed E-state index contributed by atoms with van der Waals surface area (Å²) in [6.07, 6.45) is 0. The molecule has 0 atom stereocenters. The van der Waals surface area contributed by atoms with E-state index in [1.807, 2.05) is 30.3 Å². The molecule has 0 aliphatic carbocycles. The Morgan fingerprint density at radius 3 is 2.00 bits per heavy atom. The molecule has 7 heteroatoms. The Hall–Kier alpha value is -2.44. The van der Waals surface area contributed by atoms with Gasteiger partial charge in [-0.25, -0.2) is 0 Å². The minimum absolute atomic E-state index is 0.198. The van der Waals surface area contributed by atoms with Gasteiger partial charge in [0.05, 0.1) is 18.8 Å². The van der Waals surface area contributed by atoms with Gasteiger partial charge in [-0.1, -0.05) is 23.4 Å². The van der Waals surface area contributed by atoms with Crippen LogP contribution in [0.25, 0.3) is 0 Å². The van der Waals surface area contributed by atoms with Crippen molar-refractivity contribution >= 4 is 17.6 Å². The van der Waals surface area contributed by atoms with Gasteiger partial charge in [0, 0.05) is 13.8 Å². The number of carbonyl (C=O) groups is 2. The quantitative estimate of drug-likeness (QED) is 0.416. The van der Waals surface area contributed by atoms with Gasteiger partial charge < -0.3 is 9.47 Å². The van der Waals surface area contributed by atoms with Crippen LogP contribution in [0.4, 0.5) is 5.69 Å². The zero-order valence-electron chi connectivity index (χ0n) is 12.2. The van der Waals surface area contributed by atoms with Crippen LogP contribution in [0.15, 0.2) is 40.7 Å². The van der Waals surface area contributed by atoms with Crippen molar-refractivity contribution in [3.63, 3.8) is 0 Å². The average Bonchev–Trinajstić information content (AvgIpc) is 2.44. The van der Waals surface area contributed by atoms with Crippen molar-refractivity contribution in [2.75, 3.05) is 26.3 Å². The van der Waals surface area contributed by atoms with Crippen LogP contribution in [0, 0.1) is 0 Å². The Morgan fingerprint density at radius 2 is 1.52 bits per heavy atom. The molecule has 0 bridgehead atoms. The fourth-order valence-corrected chi connectivity index (χ4v) is 1.40. The van der Waals surface area contributed by atoms with Crippen molar-refractivity contribution in [3.8, 4) is 0 Å². The molecule has 0 amide bonds. The van der Waals surface area contributed by atoms with Crippen LogP contribution in [0.3, 0.4) is 0 Å². The Kier molecular flexibility index (Phi) is 7.49. The molecule has 0 radical (unpaired) electrons. The highest BCUT2D eigenvalue weighted by molar-refractivity contribution is 5.66. The SMILES string of the molecule is CC(=O)OCCN(CCOC(C)=O)N=Nc1ccccc1. The van der Waals surface area contributed by atoms with Crippen LogP contribution in [-0.2, 0) is 19.1 Å². The maximum absolute atomic E-state index is 10.7. The molecular formula is C14H19N3O4. The highest BCUT2D eigenvalue weighted by atomic mass is 16.5. The summed E-state index contributed by atoms with van der Waals surface area (Å²) in [6.45, 7) is 3.82. The molecule has 21 heavy (non-hydrogen) atoms. The summed E-state index contributed by atoms with van der Waals surface area (Å²) in [5, 5.41) is 9.72. The lowest BCUT2D eigenvalue weighted by atomic mass is 10.3. The lowest BCUT2D eigenvalue weighted by molar-refractivity contribution is -0.141. The van der Waals surface area contributed by atoms with Crippen molar-refractivity contribution in [2.45, 2.75) is 13.8 Å². The van der Waals surface area contributed by atoms with Crippen molar-refractivity contribution in [1.29, 1.82) is 0 Å². The number of carbonyl (C=O) groups excluding carboxylic acids is 2. The van der Waals surface area contributed by atoms with Crippen LogP contribution < -0.4 is 0 Å². The zero-order chi connectivity index (χ0) is 15.5. The van der Waals surface area contributed by atoms with E-state index in [4.69, 9.17) is 9.47 Å². The summed E-state index contributed by atoms with van der Waals surface area (Å²) in [4.78, 5) is 21.5.